The zero-order valence-electron chi connectivity index (χ0n) is 5.24. The highest BCUT2D eigenvalue weighted by Gasteiger charge is 2.02. The van der Waals surface area contributed by atoms with Crippen LogP contribution in [-0.4, -0.2) is 0 Å². The van der Waals surface area contributed by atoms with Crippen molar-refractivity contribution in [2.45, 2.75) is 0 Å². The maximum Gasteiger partial charge on any atom is 0.0992 e. The van der Waals surface area contributed by atoms with Crippen molar-refractivity contribution in [3.8, 4) is 6.07 Å². The molecule has 0 aromatic heterocycles. The van der Waals surface area contributed by atoms with Crippen LogP contribution < -0.4 is 0 Å². The lowest BCUT2D eigenvalue weighted by Gasteiger charge is -1.99. The highest BCUT2D eigenvalue weighted by molar-refractivity contribution is 14.1. The zero-order valence-corrected chi connectivity index (χ0v) is 11.7. The maximum absolute atomic E-state index is 8.62. The van der Waals surface area contributed by atoms with Crippen LogP contribution in [0.2, 0.25) is 0 Å². The van der Waals surface area contributed by atoms with Gasteiger partial charge in [0, 0.05) is 10.7 Å². The van der Waals surface area contributed by atoms with E-state index in [1.165, 1.54) is 3.57 Å². The van der Waals surface area contributed by atoms with E-state index in [-0.39, 0.29) is 0 Å². The molecule has 0 aliphatic rings. The molecule has 0 radical (unpaired) electrons. The summed E-state index contributed by atoms with van der Waals surface area (Å²) >= 11 is 6.75. The molecule has 0 aliphatic heterocycles. The Hall–Kier alpha value is 0.900. The second-order valence-corrected chi connectivity index (χ2v) is 5.27. The topological polar surface area (TPSA) is 23.8 Å². The molecule has 0 unspecified atom stereocenters. The molecular weight excluding hydrogens is 479 g/mol. The van der Waals surface area contributed by atoms with Gasteiger partial charge >= 0.3 is 0 Å². The predicted molar refractivity (Wildman–Crippen MR) is 69.3 cm³/mol. The first-order chi connectivity index (χ1) is 5.15. The number of halogens is 3. The summed E-state index contributed by atoms with van der Waals surface area (Å²) in [4.78, 5) is 0. The average Bonchev–Trinajstić information content (AvgIpc) is 1.99. The smallest absolute Gasteiger partial charge is 0.0992 e. The molecule has 0 heterocycles. The van der Waals surface area contributed by atoms with Gasteiger partial charge in [-0.2, -0.15) is 5.26 Å². The van der Waals surface area contributed by atoms with Crippen LogP contribution in [0.1, 0.15) is 5.56 Å². The van der Waals surface area contributed by atoms with Crippen LogP contribution >= 0.6 is 67.8 Å². The fourth-order valence-electron chi connectivity index (χ4n) is 0.620. The number of benzene rings is 1. The molecule has 0 atom stereocenters. The van der Waals surface area contributed by atoms with E-state index < -0.39 is 0 Å². The molecule has 1 rings (SSSR count). The SMILES string of the molecule is N#Cc1cc(I)c(I)c(I)c1. The van der Waals surface area contributed by atoms with E-state index in [1.54, 1.807) is 0 Å². The lowest BCUT2D eigenvalue weighted by molar-refractivity contribution is 1.44. The third-order valence-electron chi connectivity index (χ3n) is 1.11. The quantitative estimate of drug-likeness (QED) is 0.413. The summed E-state index contributed by atoms with van der Waals surface area (Å²) in [6, 6.07) is 5.91. The maximum atomic E-state index is 8.62. The van der Waals surface area contributed by atoms with E-state index in [4.69, 9.17) is 5.26 Å². The van der Waals surface area contributed by atoms with Crippen LogP contribution in [0.15, 0.2) is 12.1 Å². The van der Waals surface area contributed by atoms with Crippen molar-refractivity contribution in [1.82, 2.24) is 0 Å². The molecular formula is C7H2I3N. The van der Waals surface area contributed by atoms with Crippen molar-refractivity contribution < 1.29 is 0 Å². The molecule has 56 valence electrons. The third-order valence-corrected chi connectivity index (χ3v) is 6.04. The Labute approximate surface area is 106 Å². The van der Waals surface area contributed by atoms with Crippen molar-refractivity contribution in [3.63, 3.8) is 0 Å². The van der Waals surface area contributed by atoms with Gasteiger partial charge in [-0.1, -0.05) is 0 Å². The minimum absolute atomic E-state index is 0.735. The molecule has 0 fully saturated rings. The zero-order chi connectivity index (χ0) is 8.43. The second-order valence-electron chi connectivity index (χ2n) is 1.87. The van der Waals surface area contributed by atoms with Gasteiger partial charge in [0.05, 0.1) is 11.6 Å². The van der Waals surface area contributed by atoms with Gasteiger partial charge in [-0.15, -0.1) is 0 Å². The molecule has 1 aromatic rings. The van der Waals surface area contributed by atoms with E-state index in [0.717, 1.165) is 12.7 Å². The number of hydrogen-bond donors (Lipinski definition) is 0. The highest BCUT2D eigenvalue weighted by Crippen LogP contribution is 2.22. The van der Waals surface area contributed by atoms with Crippen molar-refractivity contribution in [1.29, 1.82) is 5.26 Å². The molecule has 4 heteroatoms. The van der Waals surface area contributed by atoms with Crippen LogP contribution in [-0.2, 0) is 0 Å². The van der Waals surface area contributed by atoms with Crippen molar-refractivity contribution in [3.05, 3.63) is 28.4 Å². The van der Waals surface area contributed by atoms with E-state index in [2.05, 4.69) is 73.8 Å². The third kappa shape index (κ3) is 2.42. The number of nitriles is 1. The largest absolute Gasteiger partial charge is 0.192 e. The van der Waals surface area contributed by atoms with E-state index in [1.807, 2.05) is 12.1 Å². The molecule has 0 aliphatic carbocycles. The second kappa shape index (κ2) is 4.23. The molecule has 1 aromatic carbocycles. The van der Waals surface area contributed by atoms with Gasteiger partial charge in [0.25, 0.3) is 0 Å². The molecule has 0 N–H and O–H groups in total. The van der Waals surface area contributed by atoms with Crippen LogP contribution in [0, 0.1) is 22.0 Å². The summed E-state index contributed by atoms with van der Waals surface area (Å²) in [6.07, 6.45) is 0. The standard InChI is InChI=1S/C7H2I3N/c8-5-1-4(3-11)2-6(9)7(5)10/h1-2H. The number of hydrogen-bond acceptors (Lipinski definition) is 1. The Morgan fingerprint density at radius 3 is 1.91 bits per heavy atom. The summed E-state index contributed by atoms with van der Waals surface area (Å²) < 4.78 is 3.51. The molecule has 1 nitrogen and oxygen atoms in total. The van der Waals surface area contributed by atoms with Gasteiger partial charge in [0.15, 0.2) is 0 Å². The van der Waals surface area contributed by atoms with Crippen LogP contribution in [0.4, 0.5) is 0 Å². The monoisotopic (exact) mass is 481 g/mol. The van der Waals surface area contributed by atoms with Crippen LogP contribution in [0.25, 0.3) is 0 Å². The Kier molecular flexibility index (Phi) is 3.84. The number of rotatable bonds is 0. The van der Waals surface area contributed by atoms with Crippen molar-refractivity contribution in [2.24, 2.45) is 0 Å². The van der Waals surface area contributed by atoms with E-state index in [0.29, 0.717) is 0 Å². The number of nitrogens with zero attached hydrogens (tertiary/aromatic N) is 1. The fraction of sp³-hybridized carbons (Fsp3) is 0. The van der Waals surface area contributed by atoms with Gasteiger partial charge in [-0.05, 0) is 79.9 Å². The predicted octanol–water partition coefficient (Wildman–Crippen LogP) is 3.37. The van der Waals surface area contributed by atoms with E-state index >= 15 is 0 Å². The van der Waals surface area contributed by atoms with Crippen LogP contribution in [0.5, 0.6) is 0 Å². The average molecular weight is 481 g/mol. The van der Waals surface area contributed by atoms with Gasteiger partial charge in [0.2, 0.25) is 0 Å². The normalized spacial score (nSPS) is 9.27. The summed E-state index contributed by atoms with van der Waals surface area (Å²) in [5.74, 6) is 0. The Balaban J connectivity index is 3.35. The summed E-state index contributed by atoms with van der Waals surface area (Å²) in [7, 11) is 0. The Morgan fingerprint density at radius 2 is 1.55 bits per heavy atom. The molecule has 0 saturated heterocycles. The molecule has 0 saturated carbocycles. The van der Waals surface area contributed by atoms with Gasteiger partial charge in [-0.25, -0.2) is 0 Å². The fourth-order valence-corrected chi connectivity index (χ4v) is 2.70. The minimum Gasteiger partial charge on any atom is -0.192 e. The minimum atomic E-state index is 0.735. The van der Waals surface area contributed by atoms with Crippen molar-refractivity contribution >= 4 is 67.8 Å². The van der Waals surface area contributed by atoms with Crippen molar-refractivity contribution in [2.75, 3.05) is 0 Å². The highest BCUT2D eigenvalue weighted by atomic mass is 127. The Morgan fingerprint density at radius 1 is 1.09 bits per heavy atom. The van der Waals surface area contributed by atoms with Gasteiger partial charge < -0.3 is 0 Å². The first-order valence-electron chi connectivity index (χ1n) is 2.70. The summed E-state index contributed by atoms with van der Waals surface area (Å²) in [6.45, 7) is 0. The summed E-state index contributed by atoms with van der Waals surface area (Å²) in [5, 5.41) is 8.62. The first kappa shape index (κ1) is 9.98. The lowest BCUT2D eigenvalue weighted by Crippen LogP contribution is -1.87. The van der Waals surface area contributed by atoms with Gasteiger partial charge in [0.1, 0.15) is 0 Å². The first-order valence-corrected chi connectivity index (χ1v) is 5.93. The van der Waals surface area contributed by atoms with Gasteiger partial charge in [-0.3, -0.25) is 0 Å². The lowest BCUT2D eigenvalue weighted by atomic mass is 10.2. The molecule has 0 bridgehead atoms. The van der Waals surface area contributed by atoms with E-state index in [9.17, 15) is 0 Å². The summed E-state index contributed by atoms with van der Waals surface area (Å²) in [5.41, 5.74) is 0.735. The molecule has 0 spiro atoms. The Bertz CT molecular complexity index is 304. The molecule has 0 amide bonds. The van der Waals surface area contributed by atoms with Crippen LogP contribution in [0.3, 0.4) is 0 Å². The molecule has 11 heavy (non-hydrogen) atoms.